The molecule has 94 valence electrons. The zero-order valence-corrected chi connectivity index (χ0v) is 10.2. The highest BCUT2D eigenvalue weighted by atomic mass is 16.5. The molecule has 6 nitrogen and oxygen atoms in total. The van der Waals surface area contributed by atoms with Gasteiger partial charge in [0.25, 0.3) is 0 Å². The molecule has 18 heavy (non-hydrogen) atoms. The summed E-state index contributed by atoms with van der Waals surface area (Å²) in [5.41, 5.74) is 7.57. The minimum Gasteiger partial charge on any atom is -0.384 e. The second kappa shape index (κ2) is 4.38. The Morgan fingerprint density at radius 1 is 1.44 bits per heavy atom. The lowest BCUT2D eigenvalue weighted by atomic mass is 10.2. The summed E-state index contributed by atoms with van der Waals surface area (Å²) in [6.07, 6.45) is 5.65. The Bertz CT molecular complexity index is 559. The molecule has 2 N–H and O–H groups in total. The number of anilines is 1. The molecule has 6 heteroatoms. The number of aromatic nitrogens is 4. The van der Waals surface area contributed by atoms with Crippen LogP contribution in [0.5, 0.6) is 0 Å². The molecule has 1 saturated heterocycles. The highest BCUT2D eigenvalue weighted by Gasteiger charge is 2.21. The van der Waals surface area contributed by atoms with Crippen LogP contribution in [0.3, 0.4) is 0 Å². The molecule has 0 saturated carbocycles. The number of nitrogens with two attached hydrogens (primary N) is 1. The normalized spacial score (nSPS) is 19.3. The molecule has 0 amide bonds. The Morgan fingerprint density at radius 2 is 2.33 bits per heavy atom. The molecule has 0 radical (unpaired) electrons. The van der Waals surface area contributed by atoms with Crippen molar-refractivity contribution < 1.29 is 4.74 Å². The van der Waals surface area contributed by atoms with E-state index >= 15 is 0 Å². The van der Waals surface area contributed by atoms with Gasteiger partial charge in [0.2, 0.25) is 0 Å². The summed E-state index contributed by atoms with van der Waals surface area (Å²) in [4.78, 5) is 8.79. The molecule has 3 heterocycles. The molecule has 0 aliphatic carbocycles. The first kappa shape index (κ1) is 11.2. The summed E-state index contributed by atoms with van der Waals surface area (Å²) < 4.78 is 7.32. The fourth-order valence-corrected chi connectivity index (χ4v) is 2.11. The van der Waals surface area contributed by atoms with Crippen LogP contribution in [0, 0.1) is 0 Å². The molecule has 1 aliphatic rings. The van der Waals surface area contributed by atoms with Gasteiger partial charge in [-0.2, -0.15) is 5.10 Å². The van der Waals surface area contributed by atoms with Gasteiger partial charge in [-0.25, -0.2) is 9.97 Å². The standard InChI is InChI=1S/C12H15N5O/c1-17-7-8(6-14-17)9-5-11(13)16-12(15-9)10-3-2-4-18-10/h5-7,10H,2-4H2,1H3,(H2,13,15,16). The molecular formula is C12H15N5O. The minimum absolute atomic E-state index is 0.0241. The third kappa shape index (κ3) is 2.06. The van der Waals surface area contributed by atoms with Crippen molar-refractivity contribution in [1.82, 2.24) is 19.7 Å². The molecule has 0 bridgehead atoms. The maximum Gasteiger partial charge on any atom is 0.160 e. The van der Waals surface area contributed by atoms with E-state index in [0.29, 0.717) is 11.6 Å². The average Bonchev–Trinajstić information content (AvgIpc) is 2.98. The average molecular weight is 245 g/mol. The first-order valence-corrected chi connectivity index (χ1v) is 5.97. The van der Waals surface area contributed by atoms with Crippen molar-refractivity contribution in [2.45, 2.75) is 18.9 Å². The Morgan fingerprint density at radius 3 is 3.00 bits per heavy atom. The maximum atomic E-state index is 5.84. The van der Waals surface area contributed by atoms with Crippen LogP contribution in [-0.2, 0) is 11.8 Å². The summed E-state index contributed by atoms with van der Waals surface area (Å²) in [5, 5.41) is 4.13. The van der Waals surface area contributed by atoms with Crippen molar-refractivity contribution in [2.24, 2.45) is 7.05 Å². The van der Waals surface area contributed by atoms with E-state index in [1.54, 1.807) is 16.9 Å². The largest absolute Gasteiger partial charge is 0.384 e. The number of rotatable bonds is 2. The molecule has 0 aromatic carbocycles. The predicted molar refractivity (Wildman–Crippen MR) is 66.6 cm³/mol. The summed E-state index contributed by atoms with van der Waals surface area (Å²) in [6.45, 7) is 0.769. The monoisotopic (exact) mass is 245 g/mol. The van der Waals surface area contributed by atoms with E-state index < -0.39 is 0 Å². The fourth-order valence-electron chi connectivity index (χ4n) is 2.11. The number of ether oxygens (including phenoxy) is 1. The Labute approximate surface area is 105 Å². The topological polar surface area (TPSA) is 78.9 Å². The highest BCUT2D eigenvalue weighted by molar-refractivity contribution is 5.60. The lowest BCUT2D eigenvalue weighted by Crippen LogP contribution is -2.06. The van der Waals surface area contributed by atoms with Gasteiger partial charge < -0.3 is 10.5 Å². The van der Waals surface area contributed by atoms with Crippen molar-refractivity contribution in [3.63, 3.8) is 0 Å². The number of hydrogen-bond acceptors (Lipinski definition) is 5. The van der Waals surface area contributed by atoms with E-state index in [0.717, 1.165) is 30.7 Å². The third-order valence-corrected chi connectivity index (χ3v) is 2.98. The molecule has 2 aromatic heterocycles. The van der Waals surface area contributed by atoms with Gasteiger partial charge in [-0.05, 0) is 12.8 Å². The molecule has 1 aliphatic heterocycles. The first-order chi connectivity index (χ1) is 8.72. The van der Waals surface area contributed by atoms with Gasteiger partial charge in [-0.15, -0.1) is 0 Å². The van der Waals surface area contributed by atoms with Gasteiger partial charge >= 0.3 is 0 Å². The summed E-state index contributed by atoms with van der Waals surface area (Å²) in [5.74, 6) is 1.14. The van der Waals surface area contributed by atoms with Crippen molar-refractivity contribution in [3.8, 4) is 11.3 Å². The van der Waals surface area contributed by atoms with E-state index in [9.17, 15) is 0 Å². The number of aryl methyl sites for hydroxylation is 1. The van der Waals surface area contributed by atoms with Crippen molar-refractivity contribution in [1.29, 1.82) is 0 Å². The van der Waals surface area contributed by atoms with Gasteiger partial charge in [-0.1, -0.05) is 0 Å². The van der Waals surface area contributed by atoms with Crippen molar-refractivity contribution in [3.05, 3.63) is 24.3 Å². The van der Waals surface area contributed by atoms with E-state index in [2.05, 4.69) is 15.1 Å². The molecule has 0 spiro atoms. The zero-order chi connectivity index (χ0) is 12.5. The van der Waals surface area contributed by atoms with Gasteiger partial charge in [0, 0.05) is 31.5 Å². The molecular weight excluding hydrogens is 230 g/mol. The van der Waals surface area contributed by atoms with Crippen LogP contribution in [-0.4, -0.2) is 26.4 Å². The maximum absolute atomic E-state index is 5.84. The summed E-state index contributed by atoms with van der Waals surface area (Å²) in [6, 6.07) is 1.76. The lowest BCUT2D eigenvalue weighted by Gasteiger charge is -2.09. The highest BCUT2D eigenvalue weighted by Crippen LogP contribution is 2.28. The van der Waals surface area contributed by atoms with E-state index in [4.69, 9.17) is 10.5 Å². The van der Waals surface area contributed by atoms with Crippen LogP contribution in [0.15, 0.2) is 18.5 Å². The third-order valence-electron chi connectivity index (χ3n) is 2.98. The molecule has 2 aromatic rings. The van der Waals surface area contributed by atoms with Gasteiger partial charge in [0.05, 0.1) is 11.9 Å². The smallest absolute Gasteiger partial charge is 0.160 e. The van der Waals surface area contributed by atoms with Crippen LogP contribution in [0.2, 0.25) is 0 Å². The number of hydrogen-bond donors (Lipinski definition) is 1. The molecule has 3 rings (SSSR count). The van der Waals surface area contributed by atoms with Crippen LogP contribution in [0.25, 0.3) is 11.3 Å². The van der Waals surface area contributed by atoms with E-state index in [1.165, 1.54) is 0 Å². The predicted octanol–water partition coefficient (Wildman–Crippen LogP) is 1.31. The Kier molecular flexibility index (Phi) is 2.71. The number of nitrogen functional groups attached to an aromatic ring is 1. The number of nitrogens with zero attached hydrogens (tertiary/aromatic N) is 4. The Hall–Kier alpha value is -1.95. The van der Waals surface area contributed by atoms with Crippen LogP contribution in [0.1, 0.15) is 24.8 Å². The molecule has 1 atom stereocenters. The van der Waals surface area contributed by atoms with Crippen LogP contribution in [0.4, 0.5) is 5.82 Å². The minimum atomic E-state index is -0.0241. The first-order valence-electron chi connectivity index (χ1n) is 5.97. The van der Waals surface area contributed by atoms with Gasteiger partial charge in [-0.3, -0.25) is 4.68 Å². The van der Waals surface area contributed by atoms with Crippen LogP contribution < -0.4 is 5.73 Å². The summed E-state index contributed by atoms with van der Waals surface area (Å²) in [7, 11) is 1.87. The fraction of sp³-hybridized carbons (Fsp3) is 0.417. The van der Waals surface area contributed by atoms with Crippen LogP contribution >= 0.6 is 0 Å². The van der Waals surface area contributed by atoms with E-state index in [1.807, 2.05) is 13.2 Å². The second-order valence-corrected chi connectivity index (χ2v) is 4.44. The molecule has 1 fully saturated rings. The molecule has 1 unspecified atom stereocenters. The SMILES string of the molecule is Cn1cc(-c2cc(N)nc(C3CCCO3)n2)cn1. The Balaban J connectivity index is 1.99. The zero-order valence-electron chi connectivity index (χ0n) is 10.2. The summed E-state index contributed by atoms with van der Waals surface area (Å²) >= 11 is 0. The van der Waals surface area contributed by atoms with Gasteiger partial charge in [0.15, 0.2) is 5.82 Å². The second-order valence-electron chi connectivity index (χ2n) is 4.44. The quantitative estimate of drug-likeness (QED) is 0.863. The lowest BCUT2D eigenvalue weighted by molar-refractivity contribution is 0.105. The van der Waals surface area contributed by atoms with Crippen molar-refractivity contribution in [2.75, 3.05) is 12.3 Å². The van der Waals surface area contributed by atoms with Gasteiger partial charge in [0.1, 0.15) is 11.9 Å². The van der Waals surface area contributed by atoms with Crippen molar-refractivity contribution >= 4 is 5.82 Å². The van der Waals surface area contributed by atoms with E-state index in [-0.39, 0.29) is 6.10 Å².